The Kier molecular flexibility index (Phi) is 3.43. The zero-order valence-corrected chi connectivity index (χ0v) is 7.19. The van der Waals surface area contributed by atoms with Crippen LogP contribution in [0.3, 0.4) is 0 Å². The Morgan fingerprint density at radius 3 is 2.92 bits per heavy atom. The van der Waals surface area contributed by atoms with Crippen LogP contribution >= 0.6 is 11.6 Å². The van der Waals surface area contributed by atoms with Gasteiger partial charge < -0.3 is 4.98 Å². The van der Waals surface area contributed by atoms with E-state index in [9.17, 15) is 4.79 Å². The smallest absolute Gasteiger partial charge is 0.247 e. The molecule has 1 aromatic rings. The maximum Gasteiger partial charge on any atom is 0.247 e. The summed E-state index contributed by atoms with van der Waals surface area (Å²) < 4.78 is 0. The van der Waals surface area contributed by atoms with E-state index in [0.29, 0.717) is 12.3 Å². The van der Waals surface area contributed by atoms with Crippen molar-refractivity contribution < 1.29 is 0 Å². The molecule has 2 nitrogen and oxygen atoms in total. The Morgan fingerprint density at radius 1 is 1.50 bits per heavy atom. The van der Waals surface area contributed by atoms with Gasteiger partial charge >= 0.3 is 0 Å². The molecular weight excluding hydrogens is 174 g/mol. The van der Waals surface area contributed by atoms with E-state index in [1.165, 1.54) is 6.07 Å². The van der Waals surface area contributed by atoms with Crippen LogP contribution < -0.4 is 5.56 Å². The van der Waals surface area contributed by atoms with Crippen molar-refractivity contribution in [1.82, 2.24) is 4.98 Å². The number of halogens is 1. The van der Waals surface area contributed by atoms with Crippen LogP contribution in [0.15, 0.2) is 23.1 Å². The Hall–Kier alpha value is -1.20. The largest absolute Gasteiger partial charge is 0.328 e. The van der Waals surface area contributed by atoms with Crippen molar-refractivity contribution in [2.24, 2.45) is 0 Å². The fourth-order valence-electron chi connectivity index (χ4n) is 0.700. The average molecular weight is 182 g/mol. The van der Waals surface area contributed by atoms with Gasteiger partial charge in [0.2, 0.25) is 5.56 Å². The maximum absolute atomic E-state index is 10.6. The van der Waals surface area contributed by atoms with Crippen LogP contribution in [0.5, 0.6) is 0 Å². The zero-order chi connectivity index (χ0) is 8.81. The predicted molar refractivity (Wildman–Crippen MR) is 49.3 cm³/mol. The second-order valence-corrected chi connectivity index (χ2v) is 2.56. The third-order valence-corrected chi connectivity index (χ3v) is 1.43. The highest BCUT2D eigenvalue weighted by Gasteiger charge is 1.84. The van der Waals surface area contributed by atoms with E-state index in [0.717, 1.165) is 5.56 Å². The Bertz CT molecular complexity index is 338. The van der Waals surface area contributed by atoms with Gasteiger partial charge in [0.25, 0.3) is 0 Å². The molecule has 0 atom stereocenters. The van der Waals surface area contributed by atoms with Crippen molar-refractivity contribution in [2.45, 2.75) is 6.42 Å². The maximum atomic E-state index is 10.6. The first-order valence-electron chi connectivity index (χ1n) is 3.56. The topological polar surface area (TPSA) is 32.9 Å². The summed E-state index contributed by atoms with van der Waals surface area (Å²) in [5.74, 6) is 6.27. The summed E-state index contributed by atoms with van der Waals surface area (Å²) in [5, 5.41) is 0. The Morgan fingerprint density at radius 2 is 2.33 bits per heavy atom. The molecule has 0 fully saturated rings. The first-order valence-corrected chi connectivity index (χ1v) is 4.10. The molecule has 0 radical (unpaired) electrons. The van der Waals surface area contributed by atoms with Crippen LogP contribution in [0.1, 0.15) is 12.0 Å². The first kappa shape index (κ1) is 8.89. The Labute approximate surface area is 75.6 Å². The molecule has 1 heterocycles. The van der Waals surface area contributed by atoms with E-state index in [2.05, 4.69) is 16.8 Å². The lowest BCUT2D eigenvalue weighted by Crippen LogP contribution is -2.01. The fourth-order valence-corrected chi connectivity index (χ4v) is 0.795. The van der Waals surface area contributed by atoms with Crippen LogP contribution in [0, 0.1) is 11.8 Å². The molecule has 3 heteroatoms. The molecule has 0 aliphatic carbocycles. The minimum absolute atomic E-state index is 0.113. The molecule has 0 unspecified atom stereocenters. The van der Waals surface area contributed by atoms with Crippen LogP contribution in [-0.2, 0) is 0 Å². The number of H-pyrrole nitrogens is 1. The van der Waals surface area contributed by atoms with Gasteiger partial charge in [-0.3, -0.25) is 4.79 Å². The summed E-state index contributed by atoms with van der Waals surface area (Å²) in [6.45, 7) is 0. The van der Waals surface area contributed by atoms with E-state index in [1.54, 1.807) is 12.3 Å². The highest BCUT2D eigenvalue weighted by molar-refractivity contribution is 6.18. The van der Waals surface area contributed by atoms with E-state index in [4.69, 9.17) is 11.6 Å². The van der Waals surface area contributed by atoms with E-state index < -0.39 is 0 Å². The quantitative estimate of drug-likeness (QED) is 0.515. The standard InChI is InChI=1S/C9H8ClNO/c10-6-2-1-3-8-4-5-9(12)11-7-8/h4-5,7H,2,6H2,(H,11,12). The molecule has 62 valence electrons. The Balaban J connectivity index is 2.72. The lowest BCUT2D eigenvalue weighted by atomic mass is 10.3. The molecule has 0 amide bonds. The molecule has 0 aliphatic heterocycles. The number of aromatic nitrogens is 1. The number of hydrogen-bond acceptors (Lipinski definition) is 1. The van der Waals surface area contributed by atoms with Gasteiger partial charge in [0.1, 0.15) is 0 Å². The number of hydrogen-bond donors (Lipinski definition) is 1. The second kappa shape index (κ2) is 4.63. The number of aromatic amines is 1. The number of rotatable bonds is 1. The van der Waals surface area contributed by atoms with Gasteiger partial charge in [-0.1, -0.05) is 11.8 Å². The van der Waals surface area contributed by atoms with Gasteiger partial charge in [-0.05, 0) is 6.07 Å². The molecule has 1 rings (SSSR count). The average Bonchev–Trinajstić information content (AvgIpc) is 2.09. The van der Waals surface area contributed by atoms with E-state index >= 15 is 0 Å². The number of alkyl halides is 1. The summed E-state index contributed by atoms with van der Waals surface area (Å²) in [7, 11) is 0. The number of pyridine rings is 1. The molecule has 0 saturated carbocycles. The van der Waals surface area contributed by atoms with Gasteiger partial charge in [0.15, 0.2) is 0 Å². The molecular formula is C9H8ClNO. The second-order valence-electron chi connectivity index (χ2n) is 2.18. The van der Waals surface area contributed by atoms with Crippen molar-refractivity contribution in [2.75, 3.05) is 5.88 Å². The van der Waals surface area contributed by atoms with Crippen molar-refractivity contribution >= 4 is 11.6 Å². The van der Waals surface area contributed by atoms with Crippen LogP contribution in [0.25, 0.3) is 0 Å². The first-order chi connectivity index (χ1) is 5.83. The van der Waals surface area contributed by atoms with Crippen LogP contribution in [0.2, 0.25) is 0 Å². The SMILES string of the molecule is O=c1ccc(C#CCCCl)c[nH]1. The van der Waals surface area contributed by atoms with Crippen molar-refractivity contribution in [3.63, 3.8) is 0 Å². The highest BCUT2D eigenvalue weighted by atomic mass is 35.5. The molecule has 12 heavy (non-hydrogen) atoms. The molecule has 0 aliphatic rings. The van der Waals surface area contributed by atoms with E-state index in [1.807, 2.05) is 0 Å². The summed E-state index contributed by atoms with van der Waals surface area (Å²) in [5.41, 5.74) is 0.692. The van der Waals surface area contributed by atoms with Crippen molar-refractivity contribution in [1.29, 1.82) is 0 Å². The van der Waals surface area contributed by atoms with Crippen LogP contribution in [0.4, 0.5) is 0 Å². The fraction of sp³-hybridized carbons (Fsp3) is 0.222. The minimum atomic E-state index is -0.113. The van der Waals surface area contributed by atoms with Crippen molar-refractivity contribution in [3.8, 4) is 11.8 Å². The highest BCUT2D eigenvalue weighted by Crippen LogP contribution is 1.89. The van der Waals surface area contributed by atoms with E-state index in [-0.39, 0.29) is 5.56 Å². The lowest BCUT2D eigenvalue weighted by molar-refractivity contribution is 1.23. The number of nitrogens with one attached hydrogen (secondary N) is 1. The summed E-state index contributed by atoms with van der Waals surface area (Å²) >= 11 is 5.43. The summed E-state index contributed by atoms with van der Waals surface area (Å²) in [4.78, 5) is 13.2. The van der Waals surface area contributed by atoms with Gasteiger partial charge in [0, 0.05) is 30.1 Å². The van der Waals surface area contributed by atoms with Gasteiger partial charge in [-0.25, -0.2) is 0 Å². The third-order valence-electron chi connectivity index (χ3n) is 1.24. The molecule has 0 bridgehead atoms. The van der Waals surface area contributed by atoms with Gasteiger partial charge in [0.05, 0.1) is 0 Å². The van der Waals surface area contributed by atoms with Crippen LogP contribution in [-0.4, -0.2) is 10.9 Å². The zero-order valence-electron chi connectivity index (χ0n) is 6.43. The normalized spacial score (nSPS) is 8.75. The molecule has 0 saturated heterocycles. The van der Waals surface area contributed by atoms with Gasteiger partial charge in [-0.15, -0.1) is 11.6 Å². The predicted octanol–water partition coefficient (Wildman–Crippen LogP) is 1.36. The summed E-state index contributed by atoms with van der Waals surface area (Å²) in [6.07, 6.45) is 2.25. The van der Waals surface area contributed by atoms with Gasteiger partial charge in [-0.2, -0.15) is 0 Å². The minimum Gasteiger partial charge on any atom is -0.328 e. The molecule has 1 N–H and O–H groups in total. The van der Waals surface area contributed by atoms with Crippen molar-refractivity contribution in [3.05, 3.63) is 34.2 Å². The monoisotopic (exact) mass is 181 g/mol. The lowest BCUT2D eigenvalue weighted by Gasteiger charge is -1.85. The molecule has 0 aromatic carbocycles. The molecule has 1 aromatic heterocycles. The third kappa shape index (κ3) is 2.81. The molecule has 0 spiro atoms. The summed E-state index contributed by atoms with van der Waals surface area (Å²) in [6, 6.07) is 3.13.